The molecule has 0 bridgehead atoms. The van der Waals surface area contributed by atoms with Gasteiger partial charge in [-0.2, -0.15) is 0 Å². The monoisotopic (exact) mass is 288 g/mol. The highest BCUT2D eigenvalue weighted by Gasteiger charge is 2.24. The number of nitrogens with zero attached hydrogens (tertiary/aromatic N) is 3. The second-order valence-electron chi connectivity index (χ2n) is 5.99. The van der Waals surface area contributed by atoms with Gasteiger partial charge in [-0.05, 0) is 31.9 Å². The van der Waals surface area contributed by atoms with Crippen LogP contribution in [-0.2, 0) is 7.05 Å². The predicted octanol–water partition coefficient (Wildman–Crippen LogP) is 2.93. The summed E-state index contributed by atoms with van der Waals surface area (Å²) in [5.41, 5.74) is 0.685. The molecule has 2 aromatic rings. The molecule has 114 valence electrons. The summed E-state index contributed by atoms with van der Waals surface area (Å²) in [4.78, 5) is 17.0. The minimum Gasteiger partial charge on any atom is -0.341 e. The molecule has 1 amide bonds. The first kappa shape index (κ1) is 15.4. The molecular formula is C16H24N4O. The lowest BCUT2D eigenvalue weighted by Crippen LogP contribution is -2.34. The summed E-state index contributed by atoms with van der Waals surface area (Å²) in [5.74, 6) is 1.08. The van der Waals surface area contributed by atoms with Crippen LogP contribution in [0.1, 0.15) is 56.1 Å². The maximum Gasteiger partial charge on any atom is 0.268 e. The van der Waals surface area contributed by atoms with E-state index in [4.69, 9.17) is 0 Å². The van der Waals surface area contributed by atoms with Gasteiger partial charge in [-0.15, -0.1) is 0 Å². The molecular weight excluding hydrogens is 264 g/mol. The van der Waals surface area contributed by atoms with E-state index in [1.807, 2.05) is 40.7 Å². The molecule has 0 saturated carbocycles. The Bertz CT molecular complexity index is 609. The van der Waals surface area contributed by atoms with Gasteiger partial charge in [-0.25, -0.2) is 4.98 Å². The fraction of sp³-hybridized carbons (Fsp3) is 0.500. The Hall–Kier alpha value is -2.04. The average molecular weight is 288 g/mol. The Labute approximate surface area is 126 Å². The van der Waals surface area contributed by atoms with Crippen LogP contribution < -0.4 is 5.32 Å². The third kappa shape index (κ3) is 3.17. The quantitative estimate of drug-likeness (QED) is 0.919. The van der Waals surface area contributed by atoms with Crippen LogP contribution >= 0.6 is 0 Å². The maximum absolute atomic E-state index is 12.6. The van der Waals surface area contributed by atoms with E-state index >= 15 is 0 Å². The van der Waals surface area contributed by atoms with Crippen LogP contribution in [0.2, 0.25) is 0 Å². The number of hydrogen-bond donors (Lipinski definition) is 1. The number of nitrogens with one attached hydrogen (secondary N) is 1. The van der Waals surface area contributed by atoms with E-state index in [2.05, 4.69) is 38.0 Å². The van der Waals surface area contributed by atoms with Crippen molar-refractivity contribution >= 4 is 5.91 Å². The van der Waals surface area contributed by atoms with Crippen molar-refractivity contribution in [2.75, 3.05) is 0 Å². The zero-order chi connectivity index (χ0) is 15.6. The first-order valence-electron chi connectivity index (χ1n) is 7.36. The van der Waals surface area contributed by atoms with Gasteiger partial charge < -0.3 is 14.5 Å². The van der Waals surface area contributed by atoms with Gasteiger partial charge in [-0.3, -0.25) is 4.79 Å². The number of hydrogen-bond acceptors (Lipinski definition) is 2. The third-order valence-electron chi connectivity index (χ3n) is 3.66. The van der Waals surface area contributed by atoms with Crippen molar-refractivity contribution in [1.29, 1.82) is 0 Å². The Morgan fingerprint density at radius 1 is 1.24 bits per heavy atom. The first-order chi connectivity index (χ1) is 9.91. The summed E-state index contributed by atoms with van der Waals surface area (Å²) in [7, 11) is 1.95. The predicted molar refractivity (Wildman–Crippen MR) is 83.1 cm³/mol. The summed E-state index contributed by atoms with van der Waals surface area (Å²) in [6.45, 7) is 8.30. The number of rotatable bonds is 5. The van der Waals surface area contributed by atoms with Gasteiger partial charge >= 0.3 is 0 Å². The van der Waals surface area contributed by atoms with E-state index in [0.29, 0.717) is 5.69 Å². The minimum absolute atomic E-state index is 0.0598. The Morgan fingerprint density at radius 2 is 1.95 bits per heavy atom. The fourth-order valence-electron chi connectivity index (χ4n) is 2.46. The lowest BCUT2D eigenvalue weighted by molar-refractivity contribution is 0.0911. The number of aromatic nitrogens is 3. The van der Waals surface area contributed by atoms with Crippen molar-refractivity contribution in [3.8, 4) is 0 Å². The van der Waals surface area contributed by atoms with Gasteiger partial charge in [0.25, 0.3) is 5.91 Å². The second-order valence-corrected chi connectivity index (χ2v) is 5.99. The van der Waals surface area contributed by atoms with Crippen molar-refractivity contribution in [2.45, 2.75) is 39.8 Å². The topological polar surface area (TPSA) is 51.9 Å². The van der Waals surface area contributed by atoms with E-state index in [9.17, 15) is 4.79 Å². The zero-order valence-electron chi connectivity index (χ0n) is 13.4. The van der Waals surface area contributed by atoms with E-state index < -0.39 is 0 Å². The van der Waals surface area contributed by atoms with Crippen LogP contribution in [0.4, 0.5) is 0 Å². The van der Waals surface area contributed by atoms with Crippen molar-refractivity contribution in [3.63, 3.8) is 0 Å². The Morgan fingerprint density at radius 3 is 2.48 bits per heavy atom. The van der Waals surface area contributed by atoms with E-state index in [0.717, 1.165) is 5.82 Å². The number of amides is 1. The highest BCUT2D eigenvalue weighted by atomic mass is 16.2. The van der Waals surface area contributed by atoms with Crippen molar-refractivity contribution in [3.05, 3.63) is 42.2 Å². The van der Waals surface area contributed by atoms with Crippen molar-refractivity contribution < 1.29 is 4.79 Å². The molecule has 21 heavy (non-hydrogen) atoms. The molecule has 0 fully saturated rings. The van der Waals surface area contributed by atoms with Gasteiger partial charge in [0.2, 0.25) is 0 Å². The smallest absolute Gasteiger partial charge is 0.268 e. The molecule has 5 heteroatoms. The molecule has 0 aromatic carbocycles. The van der Waals surface area contributed by atoms with E-state index in [1.54, 1.807) is 6.20 Å². The fourth-order valence-corrected chi connectivity index (χ4v) is 2.46. The van der Waals surface area contributed by atoms with Gasteiger partial charge in [0.1, 0.15) is 11.5 Å². The minimum atomic E-state index is -0.104. The van der Waals surface area contributed by atoms with Gasteiger partial charge in [0.05, 0.1) is 6.04 Å². The lowest BCUT2D eigenvalue weighted by Gasteiger charge is -2.23. The van der Waals surface area contributed by atoms with Crippen LogP contribution in [0.3, 0.4) is 0 Å². The van der Waals surface area contributed by atoms with E-state index in [-0.39, 0.29) is 23.9 Å². The van der Waals surface area contributed by atoms with Crippen LogP contribution in [0.15, 0.2) is 30.7 Å². The molecule has 0 aliphatic carbocycles. The molecule has 2 rings (SSSR count). The number of carbonyl (C=O) groups is 1. The highest BCUT2D eigenvalue weighted by molar-refractivity contribution is 5.93. The Kier molecular flexibility index (Phi) is 4.50. The number of imidazole rings is 1. The normalized spacial score (nSPS) is 12.9. The molecule has 0 unspecified atom stereocenters. The standard InChI is InChI=1S/C16H24N4O/c1-11(2)14(15-17-8-10-19(15)5)18-16(21)13-7-6-9-20(13)12(3)4/h6-12,14H,1-5H3,(H,18,21)/t14-/m1/s1. The van der Waals surface area contributed by atoms with E-state index in [1.165, 1.54) is 0 Å². The van der Waals surface area contributed by atoms with Crippen LogP contribution in [-0.4, -0.2) is 20.0 Å². The number of aryl methyl sites for hydroxylation is 1. The van der Waals surface area contributed by atoms with Crippen molar-refractivity contribution in [1.82, 2.24) is 19.4 Å². The summed E-state index contributed by atoms with van der Waals surface area (Å²) >= 11 is 0. The molecule has 1 N–H and O–H groups in total. The molecule has 2 heterocycles. The van der Waals surface area contributed by atoms with Gasteiger partial charge in [0.15, 0.2) is 0 Å². The summed E-state index contributed by atoms with van der Waals surface area (Å²) in [6.07, 6.45) is 5.59. The summed E-state index contributed by atoms with van der Waals surface area (Å²) in [5, 5.41) is 3.11. The molecule has 0 saturated heterocycles. The summed E-state index contributed by atoms with van der Waals surface area (Å²) in [6, 6.07) is 3.91. The summed E-state index contributed by atoms with van der Waals surface area (Å²) < 4.78 is 3.93. The van der Waals surface area contributed by atoms with Crippen LogP contribution in [0, 0.1) is 5.92 Å². The van der Waals surface area contributed by atoms with Crippen LogP contribution in [0.25, 0.3) is 0 Å². The molecule has 0 radical (unpaired) electrons. The molecule has 0 aliphatic heterocycles. The molecule has 5 nitrogen and oxygen atoms in total. The molecule has 1 atom stereocenters. The van der Waals surface area contributed by atoms with Crippen molar-refractivity contribution in [2.24, 2.45) is 13.0 Å². The zero-order valence-corrected chi connectivity index (χ0v) is 13.4. The largest absolute Gasteiger partial charge is 0.341 e. The molecule has 2 aromatic heterocycles. The van der Waals surface area contributed by atoms with Gasteiger partial charge in [0, 0.05) is 31.7 Å². The molecule has 0 aliphatic rings. The lowest BCUT2D eigenvalue weighted by atomic mass is 10.0. The van der Waals surface area contributed by atoms with Crippen LogP contribution in [0.5, 0.6) is 0 Å². The maximum atomic E-state index is 12.6. The third-order valence-corrected chi connectivity index (χ3v) is 3.66. The molecule has 0 spiro atoms. The average Bonchev–Trinajstić information content (AvgIpc) is 3.03. The van der Waals surface area contributed by atoms with Gasteiger partial charge in [-0.1, -0.05) is 13.8 Å². The SMILES string of the molecule is CC(C)[C@@H](NC(=O)c1cccn1C(C)C)c1nccn1C. The second kappa shape index (κ2) is 6.16. The highest BCUT2D eigenvalue weighted by Crippen LogP contribution is 2.21. The first-order valence-corrected chi connectivity index (χ1v) is 7.36. The number of carbonyl (C=O) groups excluding carboxylic acids is 1. The Balaban J connectivity index is 2.23.